The van der Waals surface area contributed by atoms with Crippen molar-refractivity contribution >= 4 is 11.3 Å². The molecule has 92 valence electrons. The fourth-order valence-corrected chi connectivity index (χ4v) is 1.81. The average Bonchev–Trinajstić information content (AvgIpc) is 2.58. The Morgan fingerprint density at radius 3 is 2.69 bits per heavy atom. The largest absolute Gasteiger partial charge is 0.463 e. The number of aromatic nitrogens is 2. The van der Waals surface area contributed by atoms with Crippen molar-refractivity contribution in [2.45, 2.75) is 32.9 Å². The third kappa shape index (κ3) is 5.39. The topological polar surface area (TPSA) is 56.3 Å². The van der Waals surface area contributed by atoms with E-state index in [9.17, 15) is 0 Å². The van der Waals surface area contributed by atoms with E-state index in [1.165, 1.54) is 11.3 Å². The maximum atomic E-state index is 5.60. The summed E-state index contributed by atoms with van der Waals surface area (Å²) in [5, 5.41) is 12.8. The summed E-state index contributed by atoms with van der Waals surface area (Å²) in [6.45, 7) is 8.19. The van der Waals surface area contributed by atoms with Crippen LogP contribution in [0.15, 0.2) is 0 Å². The molecule has 0 aromatic carbocycles. The van der Waals surface area contributed by atoms with Gasteiger partial charge < -0.3 is 14.8 Å². The first-order chi connectivity index (χ1) is 7.51. The molecule has 16 heavy (non-hydrogen) atoms. The molecular weight excluding hydrogens is 226 g/mol. The first kappa shape index (κ1) is 13.3. The standard InChI is InChI=1S/C10H19N3O2S/c1-10(2,3)15-9-13-12-8(16-9)7-11-5-6-14-4/h11H,5-7H2,1-4H3. The van der Waals surface area contributed by atoms with Crippen molar-refractivity contribution in [3.8, 4) is 5.19 Å². The Balaban J connectivity index is 2.34. The number of ether oxygens (including phenoxy) is 2. The van der Waals surface area contributed by atoms with Crippen LogP contribution in [0.1, 0.15) is 25.8 Å². The Bertz CT molecular complexity index is 309. The maximum absolute atomic E-state index is 5.60. The number of nitrogens with one attached hydrogen (secondary N) is 1. The van der Waals surface area contributed by atoms with Crippen LogP contribution in [0.3, 0.4) is 0 Å². The Hall–Kier alpha value is -0.720. The van der Waals surface area contributed by atoms with Crippen molar-refractivity contribution in [1.82, 2.24) is 15.5 Å². The maximum Gasteiger partial charge on any atom is 0.294 e. The minimum atomic E-state index is -0.222. The zero-order valence-corrected chi connectivity index (χ0v) is 11.1. The number of hydrogen-bond acceptors (Lipinski definition) is 6. The SMILES string of the molecule is COCCNCc1nnc(OC(C)(C)C)s1. The zero-order chi connectivity index (χ0) is 12.0. The molecule has 1 aromatic rings. The first-order valence-electron chi connectivity index (χ1n) is 5.22. The highest BCUT2D eigenvalue weighted by Gasteiger charge is 2.15. The highest BCUT2D eigenvalue weighted by Crippen LogP contribution is 2.22. The van der Waals surface area contributed by atoms with Gasteiger partial charge in [0.2, 0.25) is 0 Å². The van der Waals surface area contributed by atoms with E-state index >= 15 is 0 Å². The van der Waals surface area contributed by atoms with Crippen molar-refractivity contribution in [3.63, 3.8) is 0 Å². The monoisotopic (exact) mass is 245 g/mol. The van der Waals surface area contributed by atoms with E-state index in [4.69, 9.17) is 9.47 Å². The van der Waals surface area contributed by atoms with Gasteiger partial charge in [-0.3, -0.25) is 0 Å². The molecule has 0 aliphatic heterocycles. The van der Waals surface area contributed by atoms with E-state index in [2.05, 4.69) is 15.5 Å². The second-order valence-corrected chi connectivity index (χ2v) is 5.37. The number of rotatable bonds is 6. The molecule has 0 bridgehead atoms. The lowest BCUT2D eigenvalue weighted by Crippen LogP contribution is -2.22. The summed E-state index contributed by atoms with van der Waals surface area (Å²) in [6.07, 6.45) is 0. The van der Waals surface area contributed by atoms with Crippen LogP contribution in [0.25, 0.3) is 0 Å². The fourth-order valence-electron chi connectivity index (χ4n) is 0.982. The van der Waals surface area contributed by atoms with Gasteiger partial charge in [0.05, 0.1) is 6.61 Å². The first-order valence-corrected chi connectivity index (χ1v) is 6.04. The molecule has 0 spiro atoms. The van der Waals surface area contributed by atoms with E-state index < -0.39 is 0 Å². The van der Waals surface area contributed by atoms with Crippen molar-refractivity contribution in [1.29, 1.82) is 0 Å². The molecule has 5 nitrogen and oxygen atoms in total. The van der Waals surface area contributed by atoms with Crippen LogP contribution in [0, 0.1) is 0 Å². The predicted octanol–water partition coefficient (Wildman–Crippen LogP) is 1.45. The smallest absolute Gasteiger partial charge is 0.294 e. The van der Waals surface area contributed by atoms with Crippen molar-refractivity contribution in [3.05, 3.63) is 5.01 Å². The highest BCUT2D eigenvalue weighted by molar-refractivity contribution is 7.13. The van der Waals surface area contributed by atoms with Crippen LogP contribution in [0.5, 0.6) is 5.19 Å². The summed E-state index contributed by atoms with van der Waals surface area (Å²) >= 11 is 1.47. The van der Waals surface area contributed by atoms with Gasteiger partial charge in [0.25, 0.3) is 5.19 Å². The summed E-state index contributed by atoms with van der Waals surface area (Å²) in [5.41, 5.74) is -0.222. The lowest BCUT2D eigenvalue weighted by atomic mass is 10.2. The summed E-state index contributed by atoms with van der Waals surface area (Å²) in [6, 6.07) is 0. The third-order valence-corrected chi connectivity index (χ3v) is 2.40. The predicted molar refractivity (Wildman–Crippen MR) is 63.9 cm³/mol. The Morgan fingerprint density at radius 2 is 2.06 bits per heavy atom. The molecule has 0 unspecified atom stereocenters. The molecule has 0 radical (unpaired) electrons. The molecule has 0 saturated heterocycles. The molecule has 0 fully saturated rings. The van der Waals surface area contributed by atoms with Crippen molar-refractivity contribution < 1.29 is 9.47 Å². The second-order valence-electron chi connectivity index (χ2n) is 4.35. The van der Waals surface area contributed by atoms with Crippen LogP contribution in [0.4, 0.5) is 0 Å². The van der Waals surface area contributed by atoms with Gasteiger partial charge in [-0.2, -0.15) is 0 Å². The van der Waals surface area contributed by atoms with Crippen molar-refractivity contribution in [2.75, 3.05) is 20.3 Å². The van der Waals surface area contributed by atoms with Gasteiger partial charge >= 0.3 is 0 Å². The van der Waals surface area contributed by atoms with Crippen LogP contribution in [-0.2, 0) is 11.3 Å². The van der Waals surface area contributed by atoms with E-state index in [0.717, 1.165) is 11.6 Å². The lowest BCUT2D eigenvalue weighted by Gasteiger charge is -2.17. The highest BCUT2D eigenvalue weighted by atomic mass is 32.1. The van der Waals surface area contributed by atoms with Gasteiger partial charge in [-0.05, 0) is 20.8 Å². The van der Waals surface area contributed by atoms with E-state index in [0.29, 0.717) is 18.3 Å². The lowest BCUT2D eigenvalue weighted by molar-refractivity contribution is 0.129. The Morgan fingerprint density at radius 1 is 1.31 bits per heavy atom. The van der Waals surface area contributed by atoms with Gasteiger partial charge in [0.1, 0.15) is 10.6 Å². The Labute approximate surface area is 100 Å². The third-order valence-electron chi connectivity index (χ3n) is 1.60. The van der Waals surface area contributed by atoms with E-state index in [1.54, 1.807) is 7.11 Å². The summed E-state index contributed by atoms with van der Waals surface area (Å²) in [4.78, 5) is 0. The molecule has 0 amide bonds. The normalized spacial score (nSPS) is 11.8. The summed E-state index contributed by atoms with van der Waals surface area (Å²) in [7, 11) is 1.68. The van der Waals surface area contributed by atoms with Crippen LogP contribution >= 0.6 is 11.3 Å². The molecule has 1 rings (SSSR count). The summed E-state index contributed by atoms with van der Waals surface area (Å²) < 4.78 is 10.5. The quantitative estimate of drug-likeness (QED) is 0.769. The van der Waals surface area contributed by atoms with Gasteiger partial charge in [0, 0.05) is 20.2 Å². The molecule has 0 atom stereocenters. The van der Waals surface area contributed by atoms with Gasteiger partial charge in [-0.25, -0.2) is 0 Å². The molecule has 1 heterocycles. The number of hydrogen-bond donors (Lipinski definition) is 1. The van der Waals surface area contributed by atoms with E-state index in [1.807, 2.05) is 20.8 Å². The second kappa shape index (κ2) is 6.12. The molecule has 0 aliphatic rings. The Kier molecular flexibility index (Phi) is 5.11. The molecule has 1 N–H and O–H groups in total. The van der Waals surface area contributed by atoms with Crippen LogP contribution < -0.4 is 10.1 Å². The van der Waals surface area contributed by atoms with E-state index in [-0.39, 0.29) is 5.60 Å². The summed E-state index contributed by atoms with van der Waals surface area (Å²) in [5.74, 6) is 0. The molecule has 0 aliphatic carbocycles. The number of methoxy groups -OCH3 is 1. The minimum absolute atomic E-state index is 0.222. The fraction of sp³-hybridized carbons (Fsp3) is 0.800. The van der Waals surface area contributed by atoms with Gasteiger partial charge in [0.15, 0.2) is 0 Å². The van der Waals surface area contributed by atoms with Crippen molar-refractivity contribution in [2.24, 2.45) is 0 Å². The van der Waals surface area contributed by atoms with Crippen LogP contribution in [-0.4, -0.2) is 36.1 Å². The molecular formula is C10H19N3O2S. The van der Waals surface area contributed by atoms with Crippen LogP contribution in [0.2, 0.25) is 0 Å². The van der Waals surface area contributed by atoms with Gasteiger partial charge in [-0.1, -0.05) is 16.4 Å². The average molecular weight is 245 g/mol. The zero-order valence-electron chi connectivity index (χ0n) is 10.2. The minimum Gasteiger partial charge on any atom is -0.463 e. The molecule has 1 aromatic heterocycles. The molecule has 0 saturated carbocycles. The molecule has 6 heteroatoms. The van der Waals surface area contributed by atoms with Gasteiger partial charge in [-0.15, -0.1) is 5.10 Å². The number of nitrogens with zero attached hydrogens (tertiary/aromatic N) is 2.